The molecule has 0 saturated heterocycles. The van der Waals surface area contributed by atoms with Crippen LogP contribution in [0.3, 0.4) is 0 Å². The molecule has 0 unspecified atom stereocenters. The van der Waals surface area contributed by atoms with Gasteiger partial charge in [-0.3, -0.25) is 9.35 Å². The summed E-state index contributed by atoms with van der Waals surface area (Å²) < 4.78 is 57.3. The van der Waals surface area contributed by atoms with E-state index in [0.29, 0.717) is 0 Å². The van der Waals surface area contributed by atoms with Gasteiger partial charge in [0.25, 0.3) is 16.0 Å². The number of amides is 1. The molecule has 21 heavy (non-hydrogen) atoms. The number of halogens is 2. The molecule has 0 aliphatic rings. The second-order valence-corrected chi connectivity index (χ2v) is 5.55. The second-order valence-electron chi connectivity index (χ2n) is 4.05. The first kappa shape index (κ1) is 17.0. The van der Waals surface area contributed by atoms with Crippen molar-refractivity contribution < 1.29 is 36.4 Å². The highest BCUT2D eigenvalue weighted by Gasteiger charge is 2.43. The van der Waals surface area contributed by atoms with Crippen molar-refractivity contribution in [3.05, 3.63) is 35.9 Å². The Morgan fingerprint density at radius 1 is 1.24 bits per heavy atom. The summed E-state index contributed by atoms with van der Waals surface area (Å²) in [6.07, 6.45) is 0. The topological polar surface area (TPSA) is 121 Å². The Bertz CT molecular complexity index is 631. The van der Waals surface area contributed by atoms with Crippen LogP contribution in [0.25, 0.3) is 0 Å². The van der Waals surface area contributed by atoms with Crippen molar-refractivity contribution in [3.8, 4) is 0 Å². The van der Waals surface area contributed by atoms with Crippen molar-refractivity contribution in [3.63, 3.8) is 0 Å². The lowest BCUT2D eigenvalue weighted by molar-refractivity contribution is -0.151. The molecule has 0 spiro atoms. The summed E-state index contributed by atoms with van der Waals surface area (Å²) in [4.78, 5) is 22.2. The van der Waals surface area contributed by atoms with Crippen molar-refractivity contribution in [2.24, 2.45) is 0 Å². The number of carbonyl (C=O) groups excluding carboxylic acids is 1. The number of hydrogen-bond donors (Lipinski definition) is 3. The van der Waals surface area contributed by atoms with E-state index in [-0.39, 0.29) is 0 Å². The number of rotatable bonds is 6. The monoisotopic (exact) mass is 323 g/mol. The van der Waals surface area contributed by atoms with Crippen LogP contribution in [0.5, 0.6) is 0 Å². The lowest BCUT2D eigenvalue weighted by atomic mass is 10.1. The van der Waals surface area contributed by atoms with Crippen LogP contribution in [0.1, 0.15) is 5.56 Å². The van der Waals surface area contributed by atoms with Gasteiger partial charge in [-0.2, -0.15) is 17.2 Å². The first-order chi connectivity index (χ1) is 9.54. The maximum Gasteiger partial charge on any atom is 0.349 e. The molecule has 0 fully saturated rings. The molecule has 3 N–H and O–H groups in total. The fourth-order valence-electron chi connectivity index (χ4n) is 1.41. The Morgan fingerprint density at radius 2 is 1.76 bits per heavy atom. The smallest absolute Gasteiger partial charge is 0.349 e. The molecule has 0 radical (unpaired) electrons. The highest BCUT2D eigenvalue weighted by Crippen LogP contribution is 2.27. The van der Waals surface area contributed by atoms with Crippen LogP contribution < -0.4 is 5.32 Å². The summed E-state index contributed by atoms with van der Waals surface area (Å²) in [6, 6.07) is 3.67. The molecule has 0 aliphatic heterocycles. The molecule has 0 aromatic heterocycles. The van der Waals surface area contributed by atoms with E-state index in [4.69, 9.17) is 9.66 Å². The molecule has 10 heteroatoms. The van der Waals surface area contributed by atoms with E-state index in [2.05, 4.69) is 0 Å². The van der Waals surface area contributed by atoms with Crippen LogP contribution in [-0.2, 0) is 25.6 Å². The Labute approximate surface area is 118 Å². The lowest BCUT2D eigenvalue weighted by Gasteiger charge is -2.19. The molecule has 1 rings (SSSR count). The number of nitrogens with one attached hydrogen (secondary N) is 1. The van der Waals surface area contributed by atoms with E-state index >= 15 is 0 Å². The van der Waals surface area contributed by atoms with Gasteiger partial charge in [-0.05, 0) is 0 Å². The van der Waals surface area contributed by atoms with Crippen molar-refractivity contribution >= 4 is 22.0 Å². The first-order valence-corrected chi connectivity index (χ1v) is 7.07. The number of carboxylic acids is 1. The highest BCUT2D eigenvalue weighted by molar-refractivity contribution is 7.85. The van der Waals surface area contributed by atoms with Crippen molar-refractivity contribution in [2.75, 3.05) is 5.75 Å². The molecule has 0 heterocycles. The van der Waals surface area contributed by atoms with Crippen LogP contribution in [0.15, 0.2) is 30.3 Å². The van der Waals surface area contributed by atoms with Gasteiger partial charge in [0, 0.05) is 5.56 Å². The SMILES string of the molecule is O=C(O)[C@H](CS(=O)(=O)O)NC(=O)C(F)(F)c1ccccc1. The molecule has 1 aromatic carbocycles. The Kier molecular flexibility index (Phi) is 4.97. The minimum Gasteiger partial charge on any atom is -0.480 e. The third kappa shape index (κ3) is 4.76. The fraction of sp³-hybridized carbons (Fsp3) is 0.273. The second kappa shape index (κ2) is 6.14. The predicted octanol–water partition coefficient (Wildman–Crippen LogP) is 0.236. The predicted molar refractivity (Wildman–Crippen MR) is 66.3 cm³/mol. The quantitative estimate of drug-likeness (QED) is 0.645. The summed E-state index contributed by atoms with van der Waals surface area (Å²) in [6.45, 7) is 0. The Balaban J connectivity index is 2.94. The average Bonchev–Trinajstić information content (AvgIpc) is 2.37. The summed E-state index contributed by atoms with van der Waals surface area (Å²) in [5.74, 6) is -9.32. The third-order valence-electron chi connectivity index (χ3n) is 2.40. The Hall–Kier alpha value is -2.07. The molecular formula is C11H11F2NO6S. The van der Waals surface area contributed by atoms with Crippen molar-refractivity contribution in [1.82, 2.24) is 5.32 Å². The van der Waals surface area contributed by atoms with E-state index < -0.39 is 45.3 Å². The molecule has 0 saturated carbocycles. The summed E-state index contributed by atoms with van der Waals surface area (Å²) in [5.41, 5.74) is -0.682. The van der Waals surface area contributed by atoms with Crippen LogP contribution in [0, 0.1) is 0 Å². The largest absolute Gasteiger partial charge is 0.480 e. The number of hydrogen-bond acceptors (Lipinski definition) is 4. The zero-order chi connectivity index (χ0) is 16.3. The highest BCUT2D eigenvalue weighted by atomic mass is 32.2. The normalized spacial score (nSPS) is 13.5. The van der Waals surface area contributed by atoms with Crippen molar-refractivity contribution in [1.29, 1.82) is 0 Å². The maximum atomic E-state index is 13.8. The van der Waals surface area contributed by atoms with E-state index in [1.165, 1.54) is 23.5 Å². The number of aliphatic carboxylic acids is 1. The van der Waals surface area contributed by atoms with E-state index in [1.807, 2.05) is 0 Å². The molecular weight excluding hydrogens is 312 g/mol. The summed E-state index contributed by atoms with van der Waals surface area (Å²) >= 11 is 0. The zero-order valence-corrected chi connectivity index (χ0v) is 11.2. The van der Waals surface area contributed by atoms with E-state index in [9.17, 15) is 26.8 Å². The molecule has 0 bridgehead atoms. The molecule has 1 atom stereocenters. The number of carbonyl (C=O) groups is 2. The molecule has 7 nitrogen and oxygen atoms in total. The minimum absolute atomic E-state index is 0.682. The van der Waals surface area contributed by atoms with Crippen LogP contribution in [0.4, 0.5) is 8.78 Å². The summed E-state index contributed by atoms with van der Waals surface area (Å²) in [5, 5.41) is 10.1. The minimum atomic E-state index is -4.76. The maximum absolute atomic E-state index is 13.8. The molecule has 1 amide bonds. The van der Waals surface area contributed by atoms with E-state index in [0.717, 1.165) is 12.1 Å². The van der Waals surface area contributed by atoms with Gasteiger partial charge in [0.05, 0.1) is 0 Å². The first-order valence-electron chi connectivity index (χ1n) is 5.46. The Morgan fingerprint density at radius 3 is 2.19 bits per heavy atom. The van der Waals surface area contributed by atoms with Gasteiger partial charge < -0.3 is 10.4 Å². The van der Waals surface area contributed by atoms with Gasteiger partial charge >= 0.3 is 11.9 Å². The fourth-order valence-corrected chi connectivity index (χ4v) is 2.06. The van der Waals surface area contributed by atoms with Crippen molar-refractivity contribution in [2.45, 2.75) is 12.0 Å². The van der Waals surface area contributed by atoms with Gasteiger partial charge in [0.15, 0.2) is 0 Å². The standard InChI is InChI=1S/C11H11F2NO6S/c12-11(13,7-4-2-1-3-5-7)10(17)14-8(9(15)16)6-21(18,19)20/h1-5,8H,6H2,(H,14,17)(H,15,16)(H,18,19,20)/t8-/m0/s1. The van der Waals surface area contributed by atoms with Crippen LogP contribution in [-0.4, -0.2) is 41.7 Å². The summed E-state index contributed by atoms with van der Waals surface area (Å²) in [7, 11) is -4.76. The van der Waals surface area contributed by atoms with Crippen LogP contribution >= 0.6 is 0 Å². The molecule has 1 aromatic rings. The van der Waals surface area contributed by atoms with Gasteiger partial charge in [0.2, 0.25) is 0 Å². The average molecular weight is 323 g/mol. The number of carboxylic acid groups (broad SMARTS) is 1. The molecule has 0 aliphatic carbocycles. The molecule has 116 valence electrons. The van der Waals surface area contributed by atoms with Crippen LogP contribution in [0.2, 0.25) is 0 Å². The third-order valence-corrected chi connectivity index (χ3v) is 3.16. The van der Waals surface area contributed by atoms with Gasteiger partial charge in [-0.25, -0.2) is 4.79 Å². The number of alkyl halides is 2. The van der Waals surface area contributed by atoms with Gasteiger partial charge in [-0.1, -0.05) is 30.3 Å². The van der Waals surface area contributed by atoms with E-state index in [1.54, 1.807) is 0 Å². The number of benzene rings is 1. The zero-order valence-electron chi connectivity index (χ0n) is 10.4. The van der Waals surface area contributed by atoms with Gasteiger partial charge in [0.1, 0.15) is 11.8 Å². The lowest BCUT2D eigenvalue weighted by Crippen LogP contribution is -2.50. The van der Waals surface area contributed by atoms with Gasteiger partial charge in [-0.15, -0.1) is 0 Å².